The van der Waals surface area contributed by atoms with Gasteiger partial charge < -0.3 is 0 Å². The topological polar surface area (TPSA) is 160 Å². The number of unbranched alkanes of at least 4 members (excludes halogenated alkanes) is 1. The third-order valence-corrected chi connectivity index (χ3v) is 16.4. The van der Waals surface area contributed by atoms with Crippen molar-refractivity contribution in [2.24, 2.45) is 29.6 Å². The monoisotopic (exact) mass is 1350 g/mol. The van der Waals surface area contributed by atoms with Crippen LogP contribution in [0.5, 0.6) is 0 Å². The second-order valence-electron chi connectivity index (χ2n) is 18.7. The summed E-state index contributed by atoms with van der Waals surface area (Å²) in [5.41, 5.74) is 10.3. The maximum absolute atomic E-state index is 12.9. The first-order valence-corrected chi connectivity index (χ1v) is 29.2. The third kappa shape index (κ3) is 15.5. The fourth-order valence-electron chi connectivity index (χ4n) is 9.25. The van der Waals surface area contributed by atoms with E-state index in [0.29, 0.717) is 53.5 Å². The zero-order valence-electron chi connectivity index (χ0n) is 40.4. The van der Waals surface area contributed by atoms with Crippen LogP contribution in [0.4, 0.5) is 4.39 Å². The number of carbonyl (C=O) groups is 5. The number of Topliss-reactive ketones (excluding diaryl/α,β-unsaturated/α-hetero) is 5. The molecule has 0 fully saturated rings. The van der Waals surface area contributed by atoms with Crippen LogP contribution >= 0.6 is 110 Å². The van der Waals surface area contributed by atoms with E-state index in [2.05, 4.69) is 82.8 Å². The first-order valence-electron chi connectivity index (χ1n) is 23.1. The van der Waals surface area contributed by atoms with Crippen LogP contribution in [-0.4, -0.2) is 46.4 Å². The van der Waals surface area contributed by atoms with Crippen molar-refractivity contribution < 1.29 is 45.9 Å². The van der Waals surface area contributed by atoms with Crippen molar-refractivity contribution in [2.75, 3.05) is 0 Å². The second-order valence-corrected chi connectivity index (χ2v) is 24.7. The molecule has 5 aliphatic carbocycles. The molecule has 0 aromatic heterocycles. The number of ketones is 5. The molecule has 19 heteroatoms. The van der Waals surface area contributed by atoms with Crippen LogP contribution in [0.2, 0.25) is 20.1 Å². The lowest BCUT2D eigenvalue weighted by molar-refractivity contribution is 0.0938. The summed E-state index contributed by atoms with van der Waals surface area (Å²) in [6.07, 6.45) is 7.52. The van der Waals surface area contributed by atoms with E-state index in [4.69, 9.17) is 63.9 Å². The molecule has 0 saturated carbocycles. The number of rotatable bonds is 3. The van der Waals surface area contributed by atoms with Crippen molar-refractivity contribution in [3.63, 3.8) is 0 Å². The predicted octanol–water partition coefficient (Wildman–Crippen LogP) is 16.8. The van der Waals surface area contributed by atoms with E-state index in [1.807, 2.05) is 58.9 Å². The van der Waals surface area contributed by atoms with Gasteiger partial charge in [-0.3, -0.25) is 33.1 Å². The van der Waals surface area contributed by atoms with Gasteiger partial charge in [-0.2, -0.15) is 8.42 Å². The standard InChI is InChI=1S/C14H17BrO.C10H8Br2O.C10H8BrFO.2C10H8Cl2O.H2O4S/c1-3-4-5-10-7-11-6-9(2)14(16)13(11)12(15)8-10;1-5-2-6-3-7(11)4-8(12)9(6)10(5)13;1-5-2-6-3-7(12)4-8(11)9(6)10(5)13;1-5-2-6-3-7(11)4-8(12)9(6)10(5)13;1-5-4-6-2-3-7(11)9(12)8(6)10(5)13;1-5(2,3)4/h7-9H,3-6H2,1-2H3;3*3-5H,2H2,1H3;2-3,5H,4H2,1H3;(H2,1,2,3,4). The number of carbonyl (C=O) groups excluding carboxylic acids is 5. The predicted molar refractivity (Wildman–Crippen MR) is 302 cm³/mol. The Balaban J connectivity index is 0.000000166. The smallest absolute Gasteiger partial charge is 0.294 e. The van der Waals surface area contributed by atoms with Crippen LogP contribution in [0.1, 0.15) is 140 Å². The SMILES string of the molecule is CC1Cc2cc(Br)cc(Br)c2C1=O.CC1Cc2cc(Cl)cc(Cl)c2C1=O.CC1Cc2cc(F)cc(Br)c2C1=O.CC1Cc2ccc(Cl)c(Cl)c2C1=O.CCCCc1cc(Br)c2c(c1)CC(C)C2=O.O=S(=O)(O)O. The van der Waals surface area contributed by atoms with E-state index in [1.165, 1.54) is 36.1 Å². The number of hydrogen-bond acceptors (Lipinski definition) is 7. The Bertz CT molecular complexity index is 2950. The van der Waals surface area contributed by atoms with Gasteiger partial charge in [0.15, 0.2) is 28.9 Å². The van der Waals surface area contributed by atoms with Crippen molar-refractivity contribution in [3.05, 3.63) is 166 Å². The van der Waals surface area contributed by atoms with E-state index in [1.54, 1.807) is 12.1 Å². The Morgan fingerprint density at radius 2 is 0.918 bits per heavy atom. The maximum atomic E-state index is 12.9. The summed E-state index contributed by atoms with van der Waals surface area (Å²) >= 11 is 37.1. The Labute approximate surface area is 479 Å². The summed E-state index contributed by atoms with van der Waals surface area (Å²) in [5, 5.41) is 1.96. The van der Waals surface area contributed by atoms with Crippen molar-refractivity contribution in [2.45, 2.75) is 92.9 Å². The molecule has 5 aromatic carbocycles. The molecule has 10 rings (SSSR count). The van der Waals surface area contributed by atoms with Gasteiger partial charge in [-0.1, -0.05) is 138 Å². The molecule has 5 aromatic rings. The number of halogens is 9. The first kappa shape index (κ1) is 61.2. The number of benzene rings is 5. The van der Waals surface area contributed by atoms with Gasteiger partial charge in [0.25, 0.3) is 0 Å². The molecule has 5 unspecified atom stereocenters. The zero-order valence-corrected chi connectivity index (χ0v) is 50.6. The van der Waals surface area contributed by atoms with Crippen LogP contribution in [0.25, 0.3) is 0 Å². The lowest BCUT2D eigenvalue weighted by Crippen LogP contribution is -2.03. The third-order valence-electron chi connectivity index (χ3n) is 12.7. The fourth-order valence-corrected chi connectivity index (χ4v) is 13.2. The highest BCUT2D eigenvalue weighted by Gasteiger charge is 2.33. The number of hydrogen-bond donors (Lipinski definition) is 2. The van der Waals surface area contributed by atoms with Crippen molar-refractivity contribution in [1.29, 1.82) is 0 Å². The molecule has 0 bridgehead atoms. The molecule has 0 saturated heterocycles. The lowest BCUT2D eigenvalue weighted by Gasteiger charge is -2.06. The van der Waals surface area contributed by atoms with Crippen LogP contribution < -0.4 is 0 Å². The van der Waals surface area contributed by atoms with Gasteiger partial charge >= 0.3 is 10.4 Å². The van der Waals surface area contributed by atoms with Gasteiger partial charge in [0.05, 0.1) is 15.1 Å². The molecule has 5 aliphatic rings. The minimum Gasteiger partial charge on any atom is -0.294 e. The summed E-state index contributed by atoms with van der Waals surface area (Å²) in [4.78, 5) is 58.4. The number of fused-ring (bicyclic) bond motifs is 5. The molecule has 0 amide bonds. The molecule has 9 nitrogen and oxygen atoms in total. The summed E-state index contributed by atoms with van der Waals surface area (Å²) in [7, 11) is -4.67. The summed E-state index contributed by atoms with van der Waals surface area (Å²) in [6.45, 7) is 11.9. The Hall–Kier alpha value is -2.67. The number of aryl methyl sites for hydroxylation is 1. The molecule has 0 heterocycles. The van der Waals surface area contributed by atoms with Crippen LogP contribution in [-0.2, 0) is 48.9 Å². The van der Waals surface area contributed by atoms with Gasteiger partial charge in [-0.05, 0) is 159 Å². The fraction of sp³-hybridized carbons (Fsp3) is 0.352. The molecular weight excluding hydrogens is 1310 g/mol. The normalized spacial score (nSPS) is 19.6. The average Bonchev–Trinajstić information content (AvgIpc) is 4.02. The van der Waals surface area contributed by atoms with Gasteiger partial charge in [-0.25, -0.2) is 4.39 Å². The summed E-state index contributed by atoms with van der Waals surface area (Å²) in [5.74, 6) is 1.02. The first-order chi connectivity index (χ1) is 34.0. The van der Waals surface area contributed by atoms with Crippen molar-refractivity contribution in [3.8, 4) is 0 Å². The van der Waals surface area contributed by atoms with Crippen molar-refractivity contribution in [1.82, 2.24) is 0 Å². The molecule has 0 spiro atoms. The zero-order chi connectivity index (χ0) is 54.5. The van der Waals surface area contributed by atoms with Crippen LogP contribution in [0, 0.1) is 35.4 Å². The molecule has 5 atom stereocenters. The van der Waals surface area contributed by atoms with Crippen LogP contribution in [0.15, 0.2) is 78.6 Å². The molecule has 2 N–H and O–H groups in total. The highest BCUT2D eigenvalue weighted by Crippen LogP contribution is 2.39. The second kappa shape index (κ2) is 26.1. The molecular formula is C54H51Br4Cl4FO9S. The summed E-state index contributed by atoms with van der Waals surface area (Å²) in [6, 6.07) is 18.1. The highest BCUT2D eigenvalue weighted by molar-refractivity contribution is 9.11. The minimum absolute atomic E-state index is 0.00639. The minimum atomic E-state index is -4.67. The molecule has 390 valence electrons. The van der Waals surface area contributed by atoms with Crippen molar-refractivity contribution >= 4 is 149 Å². The van der Waals surface area contributed by atoms with E-state index >= 15 is 0 Å². The van der Waals surface area contributed by atoms with Gasteiger partial charge in [0.1, 0.15) is 5.82 Å². The largest absolute Gasteiger partial charge is 0.394 e. The van der Waals surface area contributed by atoms with Crippen LogP contribution in [0.3, 0.4) is 0 Å². The molecule has 73 heavy (non-hydrogen) atoms. The molecule has 0 radical (unpaired) electrons. The Morgan fingerprint density at radius 1 is 0.521 bits per heavy atom. The Morgan fingerprint density at radius 3 is 1.41 bits per heavy atom. The van der Waals surface area contributed by atoms with E-state index < -0.39 is 10.4 Å². The maximum Gasteiger partial charge on any atom is 0.394 e. The molecule has 0 aliphatic heterocycles. The quantitative estimate of drug-likeness (QED) is 0.168. The van der Waals surface area contributed by atoms with Gasteiger partial charge in [0, 0.05) is 80.3 Å². The highest BCUT2D eigenvalue weighted by atomic mass is 79.9. The summed E-state index contributed by atoms with van der Waals surface area (Å²) < 4.78 is 48.0. The van der Waals surface area contributed by atoms with Gasteiger partial charge in [0.2, 0.25) is 0 Å². The lowest BCUT2D eigenvalue weighted by atomic mass is 10.0. The van der Waals surface area contributed by atoms with E-state index in [9.17, 15) is 28.4 Å². The van der Waals surface area contributed by atoms with Gasteiger partial charge in [-0.15, -0.1) is 0 Å². The average molecular weight is 1360 g/mol. The Kier molecular flexibility index (Phi) is 21.9. The van der Waals surface area contributed by atoms with E-state index in [-0.39, 0.29) is 58.5 Å². The van der Waals surface area contributed by atoms with E-state index in [0.717, 1.165) is 78.9 Å².